The first-order valence-electron chi connectivity index (χ1n) is 16.6. The molecule has 2 aliphatic carbocycles. The Balaban J connectivity index is 1.30. The number of fused-ring (bicyclic) bond motifs is 5. The zero-order valence-electron chi connectivity index (χ0n) is 26.5. The summed E-state index contributed by atoms with van der Waals surface area (Å²) in [5.41, 5.74) is 9.53. The van der Waals surface area contributed by atoms with E-state index in [2.05, 4.69) is 46.7 Å². The van der Waals surface area contributed by atoms with E-state index in [-0.39, 0.29) is 6.04 Å². The van der Waals surface area contributed by atoms with Gasteiger partial charge < -0.3 is 29.7 Å². The number of β-amino-alcohol motifs (C(OH)–C–C–N with tert-alkyl or cyclic N) is 1. The van der Waals surface area contributed by atoms with Crippen LogP contribution >= 0.6 is 11.3 Å². The molecule has 8 rings (SSSR count). The molecule has 0 aromatic carbocycles. The van der Waals surface area contributed by atoms with Gasteiger partial charge in [0.15, 0.2) is 17.3 Å². The second-order valence-corrected chi connectivity index (χ2v) is 15.3. The second kappa shape index (κ2) is 10.5. The van der Waals surface area contributed by atoms with Gasteiger partial charge in [-0.2, -0.15) is 5.26 Å². The van der Waals surface area contributed by atoms with Crippen LogP contribution in [0.1, 0.15) is 98.6 Å². The van der Waals surface area contributed by atoms with Crippen molar-refractivity contribution in [1.29, 1.82) is 5.26 Å². The van der Waals surface area contributed by atoms with Crippen molar-refractivity contribution in [1.82, 2.24) is 24.6 Å². The molecule has 2 aliphatic heterocycles. The number of anilines is 2. The predicted molar refractivity (Wildman–Crippen MR) is 176 cm³/mol. The maximum atomic E-state index is 11.1. The summed E-state index contributed by atoms with van der Waals surface area (Å²) in [7, 11) is 2.22. The van der Waals surface area contributed by atoms with Crippen LogP contribution in [-0.4, -0.2) is 68.0 Å². The number of nitrogen functional groups attached to an aromatic ring is 1. The summed E-state index contributed by atoms with van der Waals surface area (Å²) in [5, 5.41) is 27.5. The molecule has 0 amide bonds. The van der Waals surface area contributed by atoms with Gasteiger partial charge in [0, 0.05) is 41.8 Å². The Morgan fingerprint density at radius 2 is 1.98 bits per heavy atom. The fourth-order valence-electron chi connectivity index (χ4n) is 9.04. The molecule has 4 atom stereocenters. The molecule has 0 saturated carbocycles. The SMILES string of the molecule is C[C@H]([C@@H]1CCCN1C)n1ccc2c(N3CCC[C@@](C)(O)C3)nc(-c3noc4c3CCC[C@@]43CCCc4sc(N)c(C#N)c43)nc21. The highest BCUT2D eigenvalue weighted by Gasteiger charge is 2.49. The van der Waals surface area contributed by atoms with Crippen LogP contribution in [0.5, 0.6) is 0 Å². The van der Waals surface area contributed by atoms with Crippen molar-refractivity contribution in [2.75, 3.05) is 37.3 Å². The Morgan fingerprint density at radius 3 is 2.73 bits per heavy atom. The summed E-state index contributed by atoms with van der Waals surface area (Å²) in [6.45, 7) is 6.67. The molecule has 2 fully saturated rings. The van der Waals surface area contributed by atoms with Crippen LogP contribution in [-0.2, 0) is 18.3 Å². The molecular weight excluding hydrogens is 584 g/mol. The van der Waals surface area contributed by atoms with Gasteiger partial charge in [-0.25, -0.2) is 9.97 Å². The molecule has 4 aromatic heterocycles. The molecule has 236 valence electrons. The molecule has 10 nitrogen and oxygen atoms in total. The number of nitrogens with zero attached hydrogens (tertiary/aromatic N) is 7. The fraction of sp³-hybridized carbons (Fsp3) is 0.588. The normalized spacial score (nSPS) is 27.5. The number of rotatable bonds is 4. The molecule has 6 heterocycles. The molecule has 0 unspecified atom stereocenters. The Bertz CT molecular complexity index is 1830. The summed E-state index contributed by atoms with van der Waals surface area (Å²) in [5.74, 6) is 2.28. The van der Waals surface area contributed by atoms with Gasteiger partial charge in [-0.15, -0.1) is 11.3 Å². The van der Waals surface area contributed by atoms with Crippen LogP contribution in [0.15, 0.2) is 16.8 Å². The smallest absolute Gasteiger partial charge is 0.186 e. The number of thiophene rings is 1. The summed E-state index contributed by atoms with van der Waals surface area (Å²) >= 11 is 1.56. The Morgan fingerprint density at radius 1 is 1.16 bits per heavy atom. The van der Waals surface area contributed by atoms with E-state index in [1.165, 1.54) is 11.3 Å². The maximum Gasteiger partial charge on any atom is 0.186 e. The third-order valence-electron chi connectivity index (χ3n) is 11.2. The number of aryl methyl sites for hydroxylation is 1. The van der Waals surface area contributed by atoms with E-state index >= 15 is 0 Å². The minimum atomic E-state index is -0.781. The monoisotopic (exact) mass is 626 g/mol. The molecular formula is C34H42N8O2S. The molecule has 3 N–H and O–H groups in total. The van der Waals surface area contributed by atoms with Crippen molar-refractivity contribution in [3.05, 3.63) is 39.6 Å². The van der Waals surface area contributed by atoms with Gasteiger partial charge in [0.25, 0.3) is 0 Å². The number of likely N-dealkylation sites (tertiary alicyclic amines) is 1. The minimum Gasteiger partial charge on any atom is -0.389 e. The van der Waals surface area contributed by atoms with Crippen molar-refractivity contribution in [2.45, 2.75) is 101 Å². The highest BCUT2D eigenvalue weighted by atomic mass is 32.1. The van der Waals surface area contributed by atoms with Crippen molar-refractivity contribution < 1.29 is 9.63 Å². The lowest BCUT2D eigenvalue weighted by Gasteiger charge is -2.39. The molecule has 1 spiro atoms. The van der Waals surface area contributed by atoms with Crippen LogP contribution in [0.2, 0.25) is 0 Å². The largest absolute Gasteiger partial charge is 0.389 e. The number of nitriles is 1. The summed E-state index contributed by atoms with van der Waals surface area (Å²) in [6, 6.07) is 5.24. The molecule has 2 saturated heterocycles. The molecule has 0 radical (unpaired) electrons. The lowest BCUT2D eigenvalue weighted by atomic mass is 9.63. The first-order valence-corrected chi connectivity index (χ1v) is 17.4. The zero-order valence-corrected chi connectivity index (χ0v) is 27.3. The van der Waals surface area contributed by atoms with Gasteiger partial charge in [-0.05, 0) is 103 Å². The number of aliphatic hydroxyl groups is 1. The van der Waals surface area contributed by atoms with Crippen molar-refractivity contribution >= 4 is 33.2 Å². The average molecular weight is 627 g/mol. The number of piperidine rings is 1. The van der Waals surface area contributed by atoms with E-state index in [0.717, 1.165) is 105 Å². The van der Waals surface area contributed by atoms with Gasteiger partial charge >= 0.3 is 0 Å². The average Bonchev–Trinajstić information content (AvgIpc) is 3.81. The first-order chi connectivity index (χ1) is 21.7. The van der Waals surface area contributed by atoms with Crippen LogP contribution in [0.25, 0.3) is 22.6 Å². The number of hydrogen-bond acceptors (Lipinski definition) is 10. The Hall–Kier alpha value is -3.46. The summed E-state index contributed by atoms with van der Waals surface area (Å²) in [4.78, 5) is 16.4. The maximum absolute atomic E-state index is 11.1. The number of nitrogens with two attached hydrogens (primary N) is 1. The third-order valence-corrected chi connectivity index (χ3v) is 12.2. The van der Waals surface area contributed by atoms with Crippen molar-refractivity contribution in [3.8, 4) is 17.6 Å². The van der Waals surface area contributed by atoms with Crippen molar-refractivity contribution in [2.24, 2.45) is 0 Å². The topological polar surface area (TPSA) is 133 Å². The van der Waals surface area contributed by atoms with E-state index in [1.807, 2.05) is 6.92 Å². The zero-order chi connectivity index (χ0) is 31.1. The quantitative estimate of drug-likeness (QED) is 0.298. The van der Waals surface area contributed by atoms with Gasteiger partial charge in [0.1, 0.15) is 22.5 Å². The number of likely N-dealkylation sites (N-methyl/N-ethyl adjacent to an activating group) is 1. The van der Waals surface area contributed by atoms with E-state index in [9.17, 15) is 10.4 Å². The van der Waals surface area contributed by atoms with Crippen LogP contribution in [0.3, 0.4) is 0 Å². The Labute approximate surface area is 267 Å². The van der Waals surface area contributed by atoms with E-state index in [1.54, 1.807) is 11.3 Å². The van der Waals surface area contributed by atoms with Gasteiger partial charge in [-0.3, -0.25) is 0 Å². The Kier molecular flexibility index (Phi) is 6.79. The van der Waals surface area contributed by atoms with E-state index in [4.69, 9.17) is 25.4 Å². The highest BCUT2D eigenvalue weighted by Crippen LogP contribution is 2.55. The van der Waals surface area contributed by atoms with E-state index in [0.29, 0.717) is 34.7 Å². The van der Waals surface area contributed by atoms with Crippen LogP contribution in [0.4, 0.5) is 10.8 Å². The molecule has 4 aromatic rings. The van der Waals surface area contributed by atoms with Gasteiger partial charge in [-0.1, -0.05) is 5.16 Å². The van der Waals surface area contributed by atoms with E-state index < -0.39 is 11.0 Å². The molecule has 45 heavy (non-hydrogen) atoms. The van der Waals surface area contributed by atoms with Crippen LogP contribution in [0, 0.1) is 11.3 Å². The van der Waals surface area contributed by atoms with Crippen LogP contribution < -0.4 is 10.6 Å². The number of aromatic nitrogens is 4. The summed E-state index contributed by atoms with van der Waals surface area (Å²) in [6.07, 6.45) is 11.8. The first kappa shape index (κ1) is 29.0. The second-order valence-electron chi connectivity index (χ2n) is 14.2. The lowest BCUT2D eigenvalue weighted by molar-refractivity contribution is 0.0448. The predicted octanol–water partition coefficient (Wildman–Crippen LogP) is 5.57. The number of hydrogen-bond donors (Lipinski definition) is 2. The third kappa shape index (κ3) is 4.43. The van der Waals surface area contributed by atoms with Gasteiger partial charge in [0.05, 0.1) is 22.0 Å². The molecule has 11 heteroatoms. The van der Waals surface area contributed by atoms with Crippen molar-refractivity contribution in [3.63, 3.8) is 0 Å². The molecule has 4 aliphatic rings. The lowest BCUT2D eigenvalue weighted by Crippen LogP contribution is -2.46. The fourth-order valence-corrected chi connectivity index (χ4v) is 10.2. The highest BCUT2D eigenvalue weighted by molar-refractivity contribution is 7.16. The summed E-state index contributed by atoms with van der Waals surface area (Å²) < 4.78 is 8.66. The molecule has 0 bridgehead atoms. The standard InChI is InChI=1S/C34H42N8O2S/c1-20(24-9-6-15-40(24)3)42-17-11-22-31(41-16-7-12-33(2,43)19-41)37-30(38-32(22)42)27-21-8-4-13-34(28(21)44-39-27)14-5-10-25-26(34)23(18-35)29(36)45-25/h11,17,20,24,43H,4-10,12-16,19,36H2,1-3H3/t20-,24+,33-,34+/m1/s1. The van der Waals surface area contributed by atoms with Gasteiger partial charge in [0.2, 0.25) is 0 Å². The minimum absolute atomic E-state index is 0.235.